The van der Waals surface area contributed by atoms with Gasteiger partial charge in [0.05, 0.1) is 26.0 Å². The van der Waals surface area contributed by atoms with E-state index in [0.717, 1.165) is 11.1 Å². The van der Waals surface area contributed by atoms with Crippen molar-refractivity contribution in [2.24, 2.45) is 5.10 Å². The molecule has 0 spiro atoms. The predicted molar refractivity (Wildman–Crippen MR) is 97.6 cm³/mol. The molecular formula is C19H19N3O3. The fourth-order valence-corrected chi connectivity index (χ4v) is 2.64. The molecule has 6 heteroatoms. The van der Waals surface area contributed by atoms with Crippen molar-refractivity contribution in [2.45, 2.75) is 0 Å². The highest BCUT2D eigenvalue weighted by molar-refractivity contribution is 6.23. The second kappa shape index (κ2) is 7.09. The zero-order valence-electron chi connectivity index (χ0n) is 14.1. The van der Waals surface area contributed by atoms with E-state index in [-0.39, 0.29) is 18.1 Å². The van der Waals surface area contributed by atoms with Gasteiger partial charge in [0.25, 0.3) is 0 Å². The molecule has 0 aromatic heterocycles. The van der Waals surface area contributed by atoms with E-state index < -0.39 is 0 Å². The molecule has 1 aliphatic heterocycles. The van der Waals surface area contributed by atoms with Crippen LogP contribution in [0.3, 0.4) is 0 Å². The Labute approximate surface area is 146 Å². The number of hydrazone groups is 1. The lowest BCUT2D eigenvalue weighted by molar-refractivity contribution is 0.354. The molecule has 0 saturated carbocycles. The molecule has 0 saturated heterocycles. The normalized spacial score (nSPS) is 14.5. The molecule has 3 rings (SSSR count). The first kappa shape index (κ1) is 16.6. The molecule has 0 fully saturated rings. The largest absolute Gasteiger partial charge is 0.510 e. The lowest BCUT2D eigenvalue weighted by Crippen LogP contribution is -2.20. The Morgan fingerprint density at radius 2 is 1.80 bits per heavy atom. The number of aliphatic hydroxyl groups is 1. The summed E-state index contributed by atoms with van der Waals surface area (Å²) in [6, 6.07) is 14.8. The highest BCUT2D eigenvalue weighted by Crippen LogP contribution is 2.28. The number of amidine groups is 1. The summed E-state index contributed by atoms with van der Waals surface area (Å²) < 4.78 is 10.5. The molecule has 0 aliphatic carbocycles. The lowest BCUT2D eigenvalue weighted by Gasteiger charge is -2.12. The van der Waals surface area contributed by atoms with E-state index in [0.29, 0.717) is 17.1 Å². The summed E-state index contributed by atoms with van der Waals surface area (Å²) in [5.41, 5.74) is 2.11. The van der Waals surface area contributed by atoms with Crippen LogP contribution >= 0.6 is 0 Å². The molecule has 1 aliphatic rings. The average Bonchev–Trinajstić information content (AvgIpc) is 2.93. The van der Waals surface area contributed by atoms with Gasteiger partial charge in [-0.05, 0) is 29.3 Å². The van der Waals surface area contributed by atoms with Gasteiger partial charge in [0.15, 0.2) is 17.3 Å². The van der Waals surface area contributed by atoms with Crippen molar-refractivity contribution >= 4 is 17.6 Å². The van der Waals surface area contributed by atoms with Gasteiger partial charge < -0.3 is 14.6 Å². The maximum Gasteiger partial charge on any atom is 0.161 e. The number of methoxy groups -OCH3 is 2. The molecule has 0 radical (unpaired) electrons. The minimum absolute atomic E-state index is 0.140. The van der Waals surface area contributed by atoms with E-state index in [1.807, 2.05) is 36.4 Å². The SMILES string of the molecule is COc1ccc(/C=N/N2CC(O)=C(c3ccccc3)C2=N)cc1OC. The third-order valence-corrected chi connectivity index (χ3v) is 3.90. The number of hydrogen-bond acceptors (Lipinski definition) is 5. The maximum absolute atomic E-state index is 10.2. The van der Waals surface area contributed by atoms with Crippen molar-refractivity contribution in [1.29, 1.82) is 5.41 Å². The number of nitrogens with zero attached hydrogens (tertiary/aromatic N) is 2. The van der Waals surface area contributed by atoms with Gasteiger partial charge in [-0.1, -0.05) is 30.3 Å². The Hall–Kier alpha value is -3.28. The number of rotatable bonds is 5. The van der Waals surface area contributed by atoms with Crippen LogP contribution in [-0.4, -0.2) is 42.9 Å². The molecule has 0 unspecified atom stereocenters. The van der Waals surface area contributed by atoms with Gasteiger partial charge in [0.2, 0.25) is 0 Å². The lowest BCUT2D eigenvalue weighted by atomic mass is 10.1. The molecule has 128 valence electrons. The second-order valence-corrected chi connectivity index (χ2v) is 5.45. The van der Waals surface area contributed by atoms with Crippen molar-refractivity contribution in [3.8, 4) is 11.5 Å². The summed E-state index contributed by atoms with van der Waals surface area (Å²) in [6.45, 7) is 0.173. The van der Waals surface area contributed by atoms with Crippen LogP contribution in [0, 0.1) is 5.41 Å². The molecule has 2 aromatic carbocycles. The predicted octanol–water partition coefficient (Wildman–Crippen LogP) is 3.30. The van der Waals surface area contributed by atoms with E-state index in [1.165, 1.54) is 5.01 Å². The maximum atomic E-state index is 10.2. The minimum atomic E-state index is 0.140. The van der Waals surface area contributed by atoms with Gasteiger partial charge in [-0.25, -0.2) is 5.01 Å². The topological polar surface area (TPSA) is 78.1 Å². The van der Waals surface area contributed by atoms with Crippen LogP contribution in [0.1, 0.15) is 11.1 Å². The number of nitrogens with one attached hydrogen (secondary N) is 1. The molecule has 0 atom stereocenters. The fourth-order valence-electron chi connectivity index (χ4n) is 2.64. The van der Waals surface area contributed by atoms with E-state index in [2.05, 4.69) is 5.10 Å². The molecule has 25 heavy (non-hydrogen) atoms. The molecule has 2 aromatic rings. The molecule has 0 bridgehead atoms. The number of hydrogen-bond donors (Lipinski definition) is 2. The summed E-state index contributed by atoms with van der Waals surface area (Å²) in [5.74, 6) is 1.55. The molecular weight excluding hydrogens is 318 g/mol. The fraction of sp³-hybridized carbons (Fsp3) is 0.158. The third-order valence-electron chi connectivity index (χ3n) is 3.90. The smallest absolute Gasteiger partial charge is 0.161 e. The van der Waals surface area contributed by atoms with Crippen LogP contribution in [0.25, 0.3) is 5.57 Å². The minimum Gasteiger partial charge on any atom is -0.510 e. The third kappa shape index (κ3) is 3.33. The van der Waals surface area contributed by atoms with Crippen molar-refractivity contribution in [2.75, 3.05) is 20.8 Å². The van der Waals surface area contributed by atoms with Gasteiger partial charge in [0, 0.05) is 0 Å². The second-order valence-electron chi connectivity index (χ2n) is 5.45. The van der Waals surface area contributed by atoms with Crippen LogP contribution in [0.4, 0.5) is 0 Å². The first-order valence-corrected chi connectivity index (χ1v) is 7.74. The quantitative estimate of drug-likeness (QED) is 0.821. The number of aliphatic hydroxyl groups excluding tert-OH is 1. The Morgan fingerprint density at radius 3 is 2.48 bits per heavy atom. The van der Waals surface area contributed by atoms with Crippen LogP contribution in [0.5, 0.6) is 11.5 Å². The monoisotopic (exact) mass is 337 g/mol. The van der Waals surface area contributed by atoms with Crippen molar-refractivity contribution in [1.82, 2.24) is 5.01 Å². The highest BCUT2D eigenvalue weighted by Gasteiger charge is 2.27. The first-order chi connectivity index (χ1) is 12.1. The summed E-state index contributed by atoms with van der Waals surface area (Å²) in [7, 11) is 3.15. The Morgan fingerprint density at radius 1 is 1.08 bits per heavy atom. The molecule has 1 heterocycles. The summed E-state index contributed by atoms with van der Waals surface area (Å²) in [5, 5.41) is 24.3. The van der Waals surface area contributed by atoms with Gasteiger partial charge in [0.1, 0.15) is 12.3 Å². The van der Waals surface area contributed by atoms with Gasteiger partial charge in [-0.3, -0.25) is 5.41 Å². The molecule has 2 N–H and O–H groups in total. The van der Waals surface area contributed by atoms with Crippen molar-refractivity contribution < 1.29 is 14.6 Å². The van der Waals surface area contributed by atoms with Crippen LogP contribution < -0.4 is 9.47 Å². The zero-order valence-corrected chi connectivity index (χ0v) is 14.1. The Balaban J connectivity index is 1.79. The van der Waals surface area contributed by atoms with E-state index in [1.54, 1.807) is 32.6 Å². The van der Waals surface area contributed by atoms with Gasteiger partial charge in [-0.15, -0.1) is 0 Å². The molecule has 0 amide bonds. The van der Waals surface area contributed by atoms with Crippen LogP contribution in [0.2, 0.25) is 0 Å². The summed E-state index contributed by atoms with van der Waals surface area (Å²) in [6.07, 6.45) is 1.62. The van der Waals surface area contributed by atoms with E-state index >= 15 is 0 Å². The summed E-state index contributed by atoms with van der Waals surface area (Å²) in [4.78, 5) is 0. The zero-order chi connectivity index (χ0) is 17.8. The summed E-state index contributed by atoms with van der Waals surface area (Å²) >= 11 is 0. The molecule has 6 nitrogen and oxygen atoms in total. The van der Waals surface area contributed by atoms with Crippen LogP contribution in [-0.2, 0) is 0 Å². The van der Waals surface area contributed by atoms with Crippen molar-refractivity contribution in [3.63, 3.8) is 0 Å². The van der Waals surface area contributed by atoms with Gasteiger partial charge in [-0.2, -0.15) is 5.10 Å². The first-order valence-electron chi connectivity index (χ1n) is 7.74. The average molecular weight is 337 g/mol. The van der Waals surface area contributed by atoms with E-state index in [9.17, 15) is 5.11 Å². The Bertz CT molecular complexity index is 844. The van der Waals surface area contributed by atoms with Gasteiger partial charge >= 0.3 is 0 Å². The number of benzene rings is 2. The van der Waals surface area contributed by atoms with Crippen molar-refractivity contribution in [3.05, 3.63) is 65.4 Å². The standard InChI is InChI=1S/C19H19N3O3/c1-24-16-9-8-13(10-17(16)25-2)11-21-22-12-15(23)18(19(22)20)14-6-4-3-5-7-14/h3-11,20,23H,12H2,1-2H3/b20-19?,21-11+. The Kier molecular flexibility index (Phi) is 4.70. The van der Waals surface area contributed by atoms with Crippen LogP contribution in [0.15, 0.2) is 59.4 Å². The van der Waals surface area contributed by atoms with E-state index in [4.69, 9.17) is 14.9 Å². The highest BCUT2D eigenvalue weighted by atomic mass is 16.5. The number of ether oxygens (including phenoxy) is 2.